The highest BCUT2D eigenvalue weighted by atomic mass is 35.5. The van der Waals surface area contributed by atoms with Gasteiger partial charge in [0.1, 0.15) is 5.82 Å². The van der Waals surface area contributed by atoms with Crippen molar-refractivity contribution < 1.29 is 17.0 Å². The van der Waals surface area contributed by atoms with Gasteiger partial charge in [-0.15, -0.1) is 0 Å². The van der Waals surface area contributed by atoms with E-state index in [4.69, 9.17) is 11.6 Å². The topological polar surface area (TPSA) is 43.4 Å². The Morgan fingerprint density at radius 2 is 2.00 bits per heavy atom. The quantitative estimate of drug-likeness (QED) is 0.777. The molecule has 0 saturated heterocycles. The molecule has 0 radical (unpaired) electrons. The molecule has 0 saturated carbocycles. The second-order valence-electron chi connectivity index (χ2n) is 3.15. The molecule has 0 amide bonds. The predicted molar refractivity (Wildman–Crippen MR) is 55.8 cm³/mol. The van der Waals surface area contributed by atoms with E-state index >= 15 is 0 Å². The molecule has 0 aromatic heterocycles. The normalized spacial score (nSPS) is 13.9. The minimum absolute atomic E-state index is 0.203. The van der Waals surface area contributed by atoms with Crippen molar-refractivity contribution >= 4 is 21.7 Å². The Bertz CT molecular complexity index is 438. The van der Waals surface area contributed by atoms with Crippen molar-refractivity contribution in [2.45, 2.75) is 13.0 Å². The highest BCUT2D eigenvalue weighted by molar-refractivity contribution is 7.86. The zero-order valence-electron chi connectivity index (χ0n) is 8.20. The van der Waals surface area contributed by atoms with Crippen molar-refractivity contribution in [3.05, 3.63) is 34.6 Å². The molecule has 15 heavy (non-hydrogen) atoms. The van der Waals surface area contributed by atoms with Gasteiger partial charge in [-0.3, -0.25) is 4.18 Å². The molecule has 0 N–H and O–H groups in total. The Hall–Kier alpha value is -0.650. The Labute approximate surface area is 92.9 Å². The van der Waals surface area contributed by atoms with Crippen LogP contribution in [0.3, 0.4) is 0 Å². The smallest absolute Gasteiger partial charge is 0.262 e. The average molecular weight is 253 g/mol. The molecule has 0 aliphatic rings. The summed E-state index contributed by atoms with van der Waals surface area (Å²) >= 11 is 5.62. The summed E-state index contributed by atoms with van der Waals surface area (Å²) in [6, 6.07) is 3.78. The third kappa shape index (κ3) is 4.15. The number of rotatable bonds is 3. The molecular formula is C9H10ClFO3S. The van der Waals surface area contributed by atoms with Crippen LogP contribution in [-0.2, 0) is 14.3 Å². The average Bonchev–Trinajstić information content (AvgIpc) is 1.98. The van der Waals surface area contributed by atoms with Crippen molar-refractivity contribution in [2.75, 3.05) is 6.26 Å². The van der Waals surface area contributed by atoms with Gasteiger partial charge in [-0.1, -0.05) is 11.6 Å². The van der Waals surface area contributed by atoms with Gasteiger partial charge in [-0.25, -0.2) is 4.39 Å². The van der Waals surface area contributed by atoms with Crippen LogP contribution in [-0.4, -0.2) is 14.7 Å². The summed E-state index contributed by atoms with van der Waals surface area (Å²) in [4.78, 5) is 0. The fourth-order valence-electron chi connectivity index (χ4n) is 1.13. The van der Waals surface area contributed by atoms with Gasteiger partial charge in [-0.2, -0.15) is 8.42 Å². The fraction of sp³-hybridized carbons (Fsp3) is 0.333. The molecule has 6 heteroatoms. The van der Waals surface area contributed by atoms with Crippen LogP contribution in [0.15, 0.2) is 18.2 Å². The van der Waals surface area contributed by atoms with Crippen LogP contribution in [0, 0.1) is 5.82 Å². The molecule has 0 heterocycles. The van der Waals surface area contributed by atoms with Gasteiger partial charge in [0.25, 0.3) is 10.1 Å². The first-order valence-electron chi connectivity index (χ1n) is 4.12. The van der Waals surface area contributed by atoms with E-state index in [1.807, 2.05) is 0 Å². The third-order valence-corrected chi connectivity index (χ3v) is 2.53. The summed E-state index contributed by atoms with van der Waals surface area (Å²) in [7, 11) is -3.56. The van der Waals surface area contributed by atoms with Crippen LogP contribution in [0.1, 0.15) is 18.6 Å². The van der Waals surface area contributed by atoms with E-state index in [0.717, 1.165) is 12.3 Å². The van der Waals surface area contributed by atoms with Gasteiger partial charge in [0.2, 0.25) is 0 Å². The summed E-state index contributed by atoms with van der Waals surface area (Å²) in [5.41, 5.74) is 0.380. The minimum atomic E-state index is -3.56. The van der Waals surface area contributed by atoms with Crippen LogP contribution in [0.5, 0.6) is 0 Å². The number of halogens is 2. The molecule has 0 aliphatic heterocycles. The number of hydrogen-bond donors (Lipinski definition) is 0. The van der Waals surface area contributed by atoms with E-state index in [1.165, 1.54) is 19.1 Å². The van der Waals surface area contributed by atoms with Gasteiger partial charge < -0.3 is 0 Å². The van der Waals surface area contributed by atoms with Gasteiger partial charge in [0.15, 0.2) is 0 Å². The molecule has 1 atom stereocenters. The first-order valence-corrected chi connectivity index (χ1v) is 6.31. The SMILES string of the molecule is CC(OS(C)(=O)=O)c1cc(F)cc(Cl)c1. The molecule has 0 fully saturated rings. The molecule has 0 aliphatic carbocycles. The largest absolute Gasteiger partial charge is 0.264 e. The maximum Gasteiger partial charge on any atom is 0.264 e. The second kappa shape index (κ2) is 4.47. The lowest BCUT2D eigenvalue weighted by Crippen LogP contribution is -2.07. The Balaban J connectivity index is 2.96. The van der Waals surface area contributed by atoms with Gasteiger partial charge in [0.05, 0.1) is 12.4 Å². The summed E-state index contributed by atoms with van der Waals surface area (Å²) in [6.07, 6.45) is 0.179. The standard InChI is InChI=1S/C9H10ClFO3S/c1-6(14-15(2,12)13)7-3-8(10)5-9(11)4-7/h3-6H,1-2H3. The van der Waals surface area contributed by atoms with Crippen LogP contribution in [0.2, 0.25) is 5.02 Å². The highest BCUT2D eigenvalue weighted by Gasteiger charge is 2.13. The summed E-state index contributed by atoms with van der Waals surface area (Å²) < 4.78 is 39.3. The van der Waals surface area contributed by atoms with Gasteiger partial charge >= 0.3 is 0 Å². The first-order chi connectivity index (χ1) is 6.78. The van der Waals surface area contributed by atoms with Crippen LogP contribution in [0.4, 0.5) is 4.39 Å². The number of benzene rings is 1. The van der Waals surface area contributed by atoms with Crippen molar-refractivity contribution in [1.29, 1.82) is 0 Å². The number of hydrogen-bond acceptors (Lipinski definition) is 3. The second-order valence-corrected chi connectivity index (χ2v) is 5.18. The molecule has 0 spiro atoms. The van der Waals surface area contributed by atoms with E-state index in [0.29, 0.717) is 5.56 Å². The molecule has 1 rings (SSSR count). The molecule has 0 bridgehead atoms. The first kappa shape index (κ1) is 12.4. The monoisotopic (exact) mass is 252 g/mol. The molecule has 1 aromatic carbocycles. The lowest BCUT2D eigenvalue weighted by atomic mass is 10.1. The Kier molecular flexibility index (Phi) is 3.70. The molecule has 1 aromatic rings. The van der Waals surface area contributed by atoms with Crippen LogP contribution >= 0.6 is 11.6 Å². The van der Waals surface area contributed by atoms with Crippen LogP contribution < -0.4 is 0 Å². The van der Waals surface area contributed by atoms with E-state index in [-0.39, 0.29) is 5.02 Å². The van der Waals surface area contributed by atoms with Crippen molar-refractivity contribution in [3.63, 3.8) is 0 Å². The summed E-state index contributed by atoms with van der Waals surface area (Å²) in [5.74, 6) is -0.526. The summed E-state index contributed by atoms with van der Waals surface area (Å²) in [6.45, 7) is 1.51. The van der Waals surface area contributed by atoms with E-state index in [9.17, 15) is 12.8 Å². The fourth-order valence-corrected chi connectivity index (χ4v) is 1.99. The van der Waals surface area contributed by atoms with Gasteiger partial charge in [0, 0.05) is 5.02 Å². The van der Waals surface area contributed by atoms with Crippen molar-refractivity contribution in [2.24, 2.45) is 0 Å². The van der Waals surface area contributed by atoms with E-state index < -0.39 is 22.0 Å². The lowest BCUT2D eigenvalue weighted by Gasteiger charge is -2.11. The van der Waals surface area contributed by atoms with E-state index in [1.54, 1.807) is 0 Å². The van der Waals surface area contributed by atoms with Crippen LogP contribution in [0.25, 0.3) is 0 Å². The van der Waals surface area contributed by atoms with Crippen molar-refractivity contribution in [1.82, 2.24) is 0 Å². The molecule has 84 valence electrons. The molecule has 1 unspecified atom stereocenters. The van der Waals surface area contributed by atoms with Gasteiger partial charge in [-0.05, 0) is 30.7 Å². The Morgan fingerprint density at radius 1 is 1.40 bits per heavy atom. The molecule has 3 nitrogen and oxygen atoms in total. The predicted octanol–water partition coefficient (Wildman–Crippen LogP) is 2.52. The maximum absolute atomic E-state index is 12.9. The maximum atomic E-state index is 12.9. The minimum Gasteiger partial charge on any atom is -0.262 e. The summed E-state index contributed by atoms with van der Waals surface area (Å²) in [5, 5.41) is 0.203. The molecular weight excluding hydrogens is 243 g/mol. The Morgan fingerprint density at radius 3 is 2.47 bits per heavy atom. The van der Waals surface area contributed by atoms with E-state index in [2.05, 4.69) is 4.18 Å². The lowest BCUT2D eigenvalue weighted by molar-refractivity contribution is 0.236. The zero-order valence-corrected chi connectivity index (χ0v) is 9.77. The highest BCUT2D eigenvalue weighted by Crippen LogP contribution is 2.23. The third-order valence-electron chi connectivity index (χ3n) is 1.67. The zero-order chi connectivity index (χ0) is 11.6. The van der Waals surface area contributed by atoms with Crippen molar-refractivity contribution in [3.8, 4) is 0 Å².